The largest absolute Gasteiger partial charge is 0.470 e. The Hall–Kier alpha value is -1.50. The van der Waals surface area contributed by atoms with Gasteiger partial charge in [0.15, 0.2) is 9.84 Å². The van der Waals surface area contributed by atoms with Crippen molar-refractivity contribution in [1.29, 1.82) is 0 Å². The molecule has 0 radical (unpaired) electrons. The maximum atomic E-state index is 11.7. The molecule has 2 heterocycles. The van der Waals surface area contributed by atoms with Crippen molar-refractivity contribution < 1.29 is 13.2 Å². The minimum absolute atomic E-state index is 0.109. The van der Waals surface area contributed by atoms with E-state index in [9.17, 15) is 8.42 Å². The maximum absolute atomic E-state index is 11.7. The summed E-state index contributed by atoms with van der Waals surface area (Å²) in [6.07, 6.45) is 0. The molecule has 1 saturated heterocycles. The Balaban J connectivity index is 2.27. The van der Waals surface area contributed by atoms with Gasteiger partial charge in [-0.15, -0.1) is 0 Å². The Morgan fingerprint density at radius 2 is 2.05 bits per heavy atom. The number of aromatic nitrogens is 1. The molecular formula is C14H23N3O3S. The number of nitrogens with zero attached hydrogens (tertiary/aromatic N) is 2. The van der Waals surface area contributed by atoms with E-state index in [-0.39, 0.29) is 17.5 Å². The molecule has 0 aliphatic carbocycles. The third-order valence-corrected chi connectivity index (χ3v) is 5.04. The molecule has 0 amide bonds. The molecule has 2 rings (SSSR count). The SMILES string of the molecule is CC1CS(=O)(=O)CCN1c1ccc(N)c(OC(C)(C)C)n1. The molecule has 21 heavy (non-hydrogen) atoms. The van der Waals surface area contributed by atoms with Crippen molar-refractivity contribution in [2.45, 2.75) is 39.3 Å². The van der Waals surface area contributed by atoms with Gasteiger partial charge in [0.25, 0.3) is 0 Å². The molecule has 7 heteroatoms. The lowest BCUT2D eigenvalue weighted by atomic mass is 10.2. The zero-order valence-electron chi connectivity index (χ0n) is 13.0. The van der Waals surface area contributed by atoms with Crippen LogP contribution in [0.3, 0.4) is 0 Å². The predicted octanol–water partition coefficient (Wildman–Crippen LogP) is 1.46. The fraction of sp³-hybridized carbons (Fsp3) is 0.643. The van der Waals surface area contributed by atoms with Gasteiger partial charge in [-0.3, -0.25) is 0 Å². The Morgan fingerprint density at radius 3 is 2.62 bits per heavy atom. The number of nitrogen functional groups attached to an aromatic ring is 1. The fourth-order valence-corrected chi connectivity index (χ4v) is 3.87. The van der Waals surface area contributed by atoms with Crippen molar-refractivity contribution in [3.05, 3.63) is 12.1 Å². The van der Waals surface area contributed by atoms with Crippen molar-refractivity contribution >= 4 is 21.3 Å². The van der Waals surface area contributed by atoms with Crippen LogP contribution in [0.4, 0.5) is 11.5 Å². The van der Waals surface area contributed by atoms with Crippen molar-refractivity contribution in [1.82, 2.24) is 4.98 Å². The van der Waals surface area contributed by atoms with E-state index >= 15 is 0 Å². The summed E-state index contributed by atoms with van der Waals surface area (Å²) >= 11 is 0. The van der Waals surface area contributed by atoms with Crippen molar-refractivity contribution in [3.8, 4) is 5.88 Å². The van der Waals surface area contributed by atoms with Gasteiger partial charge in [0.1, 0.15) is 11.4 Å². The van der Waals surface area contributed by atoms with E-state index in [1.807, 2.05) is 32.6 Å². The molecule has 6 nitrogen and oxygen atoms in total. The van der Waals surface area contributed by atoms with E-state index < -0.39 is 15.4 Å². The van der Waals surface area contributed by atoms with E-state index in [1.54, 1.807) is 12.1 Å². The number of anilines is 2. The molecule has 0 spiro atoms. The van der Waals surface area contributed by atoms with Crippen LogP contribution < -0.4 is 15.4 Å². The number of nitrogens with two attached hydrogens (primary N) is 1. The molecule has 1 aromatic rings. The van der Waals surface area contributed by atoms with Crippen molar-refractivity contribution in [3.63, 3.8) is 0 Å². The maximum Gasteiger partial charge on any atom is 0.239 e. The number of sulfone groups is 1. The van der Waals surface area contributed by atoms with E-state index in [2.05, 4.69) is 4.98 Å². The van der Waals surface area contributed by atoms with Gasteiger partial charge < -0.3 is 15.4 Å². The van der Waals surface area contributed by atoms with E-state index in [4.69, 9.17) is 10.5 Å². The molecule has 2 N–H and O–H groups in total. The summed E-state index contributed by atoms with van der Waals surface area (Å²) in [5, 5.41) is 0. The van der Waals surface area contributed by atoms with E-state index in [0.29, 0.717) is 23.9 Å². The average molecular weight is 313 g/mol. The Kier molecular flexibility index (Phi) is 4.06. The Bertz CT molecular complexity index is 623. The summed E-state index contributed by atoms with van der Waals surface area (Å²) < 4.78 is 29.1. The zero-order chi connectivity index (χ0) is 15.8. The second-order valence-corrected chi connectivity index (χ2v) is 8.66. The van der Waals surface area contributed by atoms with Crippen LogP contribution in [0.5, 0.6) is 5.88 Å². The highest BCUT2D eigenvalue weighted by Gasteiger charge is 2.29. The summed E-state index contributed by atoms with van der Waals surface area (Å²) in [4.78, 5) is 6.45. The summed E-state index contributed by atoms with van der Waals surface area (Å²) in [6, 6.07) is 3.45. The quantitative estimate of drug-likeness (QED) is 0.890. The standard InChI is InChI=1S/C14H23N3O3S/c1-10-9-21(18,19)8-7-17(10)12-6-5-11(15)13(16-12)20-14(2,3)4/h5-6,10H,7-9,15H2,1-4H3. The molecular weight excluding hydrogens is 290 g/mol. The van der Waals surface area contributed by atoms with Crippen LogP contribution in [0.25, 0.3) is 0 Å². The monoisotopic (exact) mass is 313 g/mol. The number of hydrogen-bond acceptors (Lipinski definition) is 6. The lowest BCUT2D eigenvalue weighted by Gasteiger charge is -2.34. The lowest BCUT2D eigenvalue weighted by molar-refractivity contribution is 0.125. The molecule has 1 aliphatic rings. The summed E-state index contributed by atoms with van der Waals surface area (Å²) in [5.74, 6) is 1.39. The van der Waals surface area contributed by atoms with Crippen LogP contribution in [-0.4, -0.2) is 43.1 Å². The number of hydrogen-bond donors (Lipinski definition) is 1. The van der Waals surface area contributed by atoms with Gasteiger partial charge in [0.05, 0.1) is 17.2 Å². The molecule has 1 unspecified atom stereocenters. The first-order valence-electron chi connectivity index (χ1n) is 7.00. The fourth-order valence-electron chi connectivity index (χ4n) is 2.31. The minimum atomic E-state index is -2.95. The van der Waals surface area contributed by atoms with Gasteiger partial charge in [-0.2, -0.15) is 4.98 Å². The van der Waals surface area contributed by atoms with Crippen LogP contribution in [0.1, 0.15) is 27.7 Å². The molecule has 0 saturated carbocycles. The topological polar surface area (TPSA) is 85.5 Å². The lowest BCUT2D eigenvalue weighted by Crippen LogP contribution is -2.47. The first-order chi connectivity index (χ1) is 9.57. The molecule has 118 valence electrons. The van der Waals surface area contributed by atoms with Crippen LogP contribution in [0.15, 0.2) is 12.1 Å². The van der Waals surface area contributed by atoms with Gasteiger partial charge in [-0.25, -0.2) is 8.42 Å². The highest BCUT2D eigenvalue weighted by molar-refractivity contribution is 7.91. The molecule has 1 aliphatic heterocycles. The normalized spacial score (nSPS) is 22.1. The number of rotatable bonds is 2. The number of ether oxygens (including phenoxy) is 1. The average Bonchev–Trinajstić information content (AvgIpc) is 2.29. The second kappa shape index (κ2) is 5.36. The van der Waals surface area contributed by atoms with Gasteiger partial charge in [-0.1, -0.05) is 0 Å². The van der Waals surface area contributed by atoms with Crippen LogP contribution in [0.2, 0.25) is 0 Å². The van der Waals surface area contributed by atoms with Crippen LogP contribution in [-0.2, 0) is 9.84 Å². The second-order valence-electron chi connectivity index (χ2n) is 6.44. The Morgan fingerprint density at radius 1 is 1.38 bits per heavy atom. The highest BCUT2D eigenvalue weighted by atomic mass is 32.2. The molecule has 0 bridgehead atoms. The highest BCUT2D eigenvalue weighted by Crippen LogP contribution is 2.28. The molecule has 1 aromatic heterocycles. The third-order valence-electron chi connectivity index (χ3n) is 3.24. The van der Waals surface area contributed by atoms with Crippen LogP contribution in [0, 0.1) is 0 Å². The summed E-state index contributed by atoms with van der Waals surface area (Å²) in [7, 11) is -2.95. The first kappa shape index (κ1) is 15.9. The summed E-state index contributed by atoms with van der Waals surface area (Å²) in [6.45, 7) is 8.11. The van der Waals surface area contributed by atoms with Gasteiger partial charge in [0, 0.05) is 12.6 Å². The zero-order valence-corrected chi connectivity index (χ0v) is 13.8. The van der Waals surface area contributed by atoms with Gasteiger partial charge in [0.2, 0.25) is 5.88 Å². The summed E-state index contributed by atoms with van der Waals surface area (Å²) in [5.41, 5.74) is 5.99. The van der Waals surface area contributed by atoms with Crippen molar-refractivity contribution in [2.75, 3.05) is 28.7 Å². The van der Waals surface area contributed by atoms with E-state index in [0.717, 1.165) is 0 Å². The molecule has 1 atom stereocenters. The van der Waals surface area contributed by atoms with Crippen molar-refractivity contribution in [2.24, 2.45) is 0 Å². The molecule has 0 aromatic carbocycles. The number of pyridine rings is 1. The van der Waals surface area contributed by atoms with Gasteiger partial charge in [-0.05, 0) is 39.8 Å². The predicted molar refractivity (Wildman–Crippen MR) is 84.5 cm³/mol. The Labute approximate surface area is 126 Å². The first-order valence-corrected chi connectivity index (χ1v) is 8.82. The van der Waals surface area contributed by atoms with Gasteiger partial charge >= 0.3 is 0 Å². The van der Waals surface area contributed by atoms with Crippen LogP contribution >= 0.6 is 0 Å². The molecule has 1 fully saturated rings. The third kappa shape index (κ3) is 4.00. The minimum Gasteiger partial charge on any atom is -0.470 e. The smallest absolute Gasteiger partial charge is 0.239 e. The van der Waals surface area contributed by atoms with E-state index in [1.165, 1.54) is 0 Å².